The summed E-state index contributed by atoms with van der Waals surface area (Å²) in [7, 11) is 0. The zero-order chi connectivity index (χ0) is 53.8. The van der Waals surface area contributed by atoms with Crippen LogP contribution in [0.15, 0.2) is 128 Å². The van der Waals surface area contributed by atoms with Crippen molar-refractivity contribution in [1.29, 1.82) is 0 Å². The van der Waals surface area contributed by atoms with E-state index in [4.69, 9.17) is 28.4 Å². The molecule has 0 aliphatic carbocycles. The van der Waals surface area contributed by atoms with Gasteiger partial charge in [-0.25, -0.2) is 53.1 Å². The van der Waals surface area contributed by atoms with Gasteiger partial charge in [0.05, 0.1) is 61.6 Å². The average Bonchev–Trinajstić information content (AvgIpc) is 4.30. The van der Waals surface area contributed by atoms with Crippen LogP contribution in [0.3, 0.4) is 0 Å². The maximum Gasteiger partial charge on any atom is 0.410 e. The van der Waals surface area contributed by atoms with E-state index in [1.807, 2.05) is 91.9 Å². The van der Waals surface area contributed by atoms with Gasteiger partial charge in [0.2, 0.25) is 0 Å². The lowest BCUT2D eigenvalue weighted by Gasteiger charge is -2.31. The van der Waals surface area contributed by atoms with Gasteiger partial charge in [-0.1, -0.05) is 66.2 Å². The van der Waals surface area contributed by atoms with E-state index in [2.05, 4.69) is 44.9 Å². The second-order valence-electron chi connectivity index (χ2n) is 18.2. The first-order valence-corrected chi connectivity index (χ1v) is 25.1. The van der Waals surface area contributed by atoms with E-state index in [1.165, 1.54) is 16.5 Å². The Morgan fingerprint density at radius 2 is 0.885 bits per heavy atom. The minimum Gasteiger partial charge on any atom is -0.445 e. The molecule has 3 amide bonds. The van der Waals surface area contributed by atoms with Crippen molar-refractivity contribution in [3.8, 4) is 0 Å². The Kier molecular flexibility index (Phi) is 16.7. The average molecular weight is 1070 g/mol. The number of imidazole rings is 3. The molecule has 9 aromatic rings. The Bertz CT molecular complexity index is 3350. The number of hydrogen-bond acceptors (Lipinski definition) is 15. The molecule has 9 heterocycles. The molecule has 0 unspecified atom stereocenters. The summed E-state index contributed by atoms with van der Waals surface area (Å²) >= 11 is 0. The van der Waals surface area contributed by atoms with E-state index < -0.39 is 30.4 Å². The van der Waals surface area contributed by atoms with Crippen LogP contribution in [0.25, 0.3) is 33.5 Å². The number of hydrogen-bond donors (Lipinski definition) is 3. The molecule has 3 aromatic carbocycles. The van der Waals surface area contributed by atoms with Gasteiger partial charge < -0.3 is 58.1 Å². The highest BCUT2D eigenvalue weighted by molar-refractivity contribution is 5.72. The molecule has 0 saturated carbocycles. The van der Waals surface area contributed by atoms with Crippen molar-refractivity contribution in [2.45, 2.75) is 45.1 Å². The fourth-order valence-corrected chi connectivity index (χ4v) is 8.62. The molecule has 3 saturated heterocycles. The first-order valence-electron chi connectivity index (χ1n) is 25.1. The predicted octanol–water partition coefficient (Wildman–Crippen LogP) is 8.59. The van der Waals surface area contributed by atoms with Crippen molar-refractivity contribution in [1.82, 2.24) is 59.6 Å². The number of benzene rings is 3. The molecule has 0 radical (unpaired) electrons. The Morgan fingerprint density at radius 3 is 1.28 bits per heavy atom. The maximum atomic E-state index is 13.6. The minimum absolute atomic E-state index is 0.207. The highest BCUT2D eigenvalue weighted by Gasteiger charge is 2.31. The SMILES string of the molecule is Cc1ccc(COC(=O)N2CCO[C@H](c3nc4ncccc4[nH]3)C2)cc1.O=C(OCc1c(F)cccc1F)N1CCO[C@H](c2nc3ncccc3[nH]2)C1.O=C(OCc1ccccc1)N1CCO[C@H](c2nc3ncccc3[nH]2)C1. The van der Waals surface area contributed by atoms with E-state index in [1.54, 1.807) is 34.5 Å². The van der Waals surface area contributed by atoms with Gasteiger partial charge in [-0.2, -0.15) is 0 Å². The lowest BCUT2D eigenvalue weighted by atomic mass is 10.2. The highest BCUT2D eigenvalue weighted by atomic mass is 19.1. The quantitative estimate of drug-likeness (QED) is 0.115. The van der Waals surface area contributed by atoms with Crippen LogP contribution in [-0.4, -0.2) is 137 Å². The normalized spacial score (nSPS) is 17.4. The summed E-state index contributed by atoms with van der Waals surface area (Å²) in [5.74, 6) is 0.403. The summed E-state index contributed by atoms with van der Waals surface area (Å²) in [4.78, 5) is 77.2. The second-order valence-corrected chi connectivity index (χ2v) is 18.2. The topological polar surface area (TPSA) is 241 Å². The van der Waals surface area contributed by atoms with Crippen molar-refractivity contribution < 1.29 is 51.6 Å². The second kappa shape index (κ2) is 24.8. The van der Waals surface area contributed by atoms with Crippen molar-refractivity contribution in [3.05, 3.63) is 179 Å². The number of carbonyl (C=O) groups is 3. The number of rotatable bonds is 9. The van der Waals surface area contributed by atoms with Gasteiger partial charge in [-0.15, -0.1) is 0 Å². The number of halogens is 2. The van der Waals surface area contributed by atoms with Crippen LogP contribution in [0.1, 0.15) is 58.0 Å². The van der Waals surface area contributed by atoms with Crippen LogP contribution in [0.4, 0.5) is 23.2 Å². The number of aromatic amines is 3. The van der Waals surface area contributed by atoms with Gasteiger partial charge in [-0.05, 0) is 66.6 Å². The first-order chi connectivity index (χ1) is 38.1. The van der Waals surface area contributed by atoms with Crippen LogP contribution < -0.4 is 0 Å². The molecular formula is C55H54F2N12O9. The molecule has 402 valence electrons. The van der Waals surface area contributed by atoms with Gasteiger partial charge in [0, 0.05) is 38.2 Å². The molecule has 6 aromatic heterocycles. The number of aryl methyl sites for hydroxylation is 1. The van der Waals surface area contributed by atoms with Crippen molar-refractivity contribution in [2.75, 3.05) is 59.1 Å². The number of fused-ring (bicyclic) bond motifs is 3. The lowest BCUT2D eigenvalue weighted by Crippen LogP contribution is -2.42. The Labute approximate surface area is 444 Å². The molecule has 3 atom stereocenters. The highest BCUT2D eigenvalue weighted by Crippen LogP contribution is 2.26. The number of ether oxygens (including phenoxy) is 6. The molecule has 0 spiro atoms. The van der Waals surface area contributed by atoms with E-state index in [0.717, 1.165) is 39.8 Å². The Balaban J connectivity index is 0.000000132. The first kappa shape index (κ1) is 52.5. The zero-order valence-electron chi connectivity index (χ0n) is 42.3. The van der Waals surface area contributed by atoms with Crippen LogP contribution in [0.2, 0.25) is 0 Å². The van der Waals surface area contributed by atoms with Crippen LogP contribution in [-0.2, 0) is 48.2 Å². The third-order valence-corrected chi connectivity index (χ3v) is 12.8. The fourth-order valence-electron chi connectivity index (χ4n) is 8.62. The molecule has 3 fully saturated rings. The molecule has 21 nitrogen and oxygen atoms in total. The van der Waals surface area contributed by atoms with E-state index in [9.17, 15) is 23.2 Å². The zero-order valence-corrected chi connectivity index (χ0v) is 42.3. The molecule has 3 N–H and O–H groups in total. The monoisotopic (exact) mass is 1060 g/mol. The maximum absolute atomic E-state index is 13.6. The largest absolute Gasteiger partial charge is 0.445 e. The van der Waals surface area contributed by atoms with Crippen molar-refractivity contribution >= 4 is 51.8 Å². The predicted molar refractivity (Wildman–Crippen MR) is 277 cm³/mol. The van der Waals surface area contributed by atoms with Gasteiger partial charge in [0.1, 0.15) is 67.2 Å². The Morgan fingerprint density at radius 1 is 0.500 bits per heavy atom. The molecule has 78 heavy (non-hydrogen) atoms. The van der Waals surface area contributed by atoms with E-state index >= 15 is 0 Å². The lowest BCUT2D eigenvalue weighted by molar-refractivity contribution is -0.0332. The molecule has 0 bridgehead atoms. The Hall–Kier alpha value is -8.93. The van der Waals surface area contributed by atoms with Crippen molar-refractivity contribution in [3.63, 3.8) is 0 Å². The summed E-state index contributed by atoms with van der Waals surface area (Å²) in [6.45, 7) is 5.55. The number of aromatic nitrogens is 9. The molecule has 23 heteroatoms. The van der Waals surface area contributed by atoms with E-state index in [-0.39, 0.29) is 56.3 Å². The minimum atomic E-state index is -0.752. The van der Waals surface area contributed by atoms with Gasteiger partial charge in [0.15, 0.2) is 16.9 Å². The third-order valence-electron chi connectivity index (χ3n) is 12.8. The summed E-state index contributed by atoms with van der Waals surface area (Å²) in [6.07, 6.45) is 2.59. The number of H-pyrrole nitrogens is 3. The fraction of sp³-hybridized carbons (Fsp3) is 0.291. The molecule has 3 aliphatic heterocycles. The standard InChI is InChI=1S/C19H20N4O3.C18H16F2N4O3.C18H18N4O3/c1-13-4-6-14(7-5-13)12-26-19(24)23-9-10-25-16(11-23)18-21-15-3-2-8-20-17(15)22-18;19-12-3-1-4-13(20)11(12)10-27-18(25)24-7-8-26-15(9-24)17-22-14-5-2-6-21-16(14)23-17;23-18(25-12-13-5-2-1-3-6-13)22-9-10-24-15(11-22)17-20-14-7-4-8-19-16(14)21-17/h2-8,16H,9-12H2,1H3,(H,20,21,22);1-6,15H,7-10H2,(H,21,22,23);1-8,15H,9-12H2,(H,19,20,21)/t16-;2*15-/m000/s1. The van der Waals surface area contributed by atoms with Gasteiger partial charge in [-0.3, -0.25) is 0 Å². The van der Waals surface area contributed by atoms with E-state index in [0.29, 0.717) is 80.4 Å². The van der Waals surface area contributed by atoms with Crippen LogP contribution >= 0.6 is 0 Å². The molecule has 12 rings (SSSR count). The number of morpholine rings is 3. The summed E-state index contributed by atoms with van der Waals surface area (Å²) in [5.41, 5.74) is 7.15. The number of nitrogens with zero attached hydrogens (tertiary/aromatic N) is 9. The molecular weight excluding hydrogens is 1010 g/mol. The number of nitrogens with one attached hydrogen (secondary N) is 3. The summed E-state index contributed by atoms with van der Waals surface area (Å²) in [5, 5.41) is 0. The van der Waals surface area contributed by atoms with Gasteiger partial charge in [0.25, 0.3) is 0 Å². The van der Waals surface area contributed by atoms with Crippen LogP contribution in [0.5, 0.6) is 0 Å². The smallest absolute Gasteiger partial charge is 0.410 e. The summed E-state index contributed by atoms with van der Waals surface area (Å²) < 4.78 is 60.4. The molecule has 3 aliphatic rings. The number of amides is 3. The van der Waals surface area contributed by atoms with Crippen LogP contribution in [0, 0.1) is 18.6 Å². The summed E-state index contributed by atoms with van der Waals surface area (Å²) in [6, 6.07) is 32.2. The number of pyridine rings is 3. The third kappa shape index (κ3) is 13.2. The number of carbonyl (C=O) groups excluding carboxylic acids is 3. The van der Waals surface area contributed by atoms with Gasteiger partial charge >= 0.3 is 18.3 Å². The van der Waals surface area contributed by atoms with Crippen molar-refractivity contribution in [2.24, 2.45) is 0 Å².